The SMILES string of the molecule is COc1ccc2c(c1)C(=O)NC(C)(CCCO)N2. The van der Waals surface area contributed by atoms with Crippen LogP contribution in [-0.2, 0) is 0 Å². The van der Waals surface area contributed by atoms with Gasteiger partial charge in [0.15, 0.2) is 0 Å². The van der Waals surface area contributed by atoms with Crippen LogP contribution in [0.15, 0.2) is 18.2 Å². The van der Waals surface area contributed by atoms with Crippen LogP contribution in [0.5, 0.6) is 5.75 Å². The topological polar surface area (TPSA) is 70.6 Å². The van der Waals surface area contributed by atoms with E-state index in [2.05, 4.69) is 10.6 Å². The van der Waals surface area contributed by atoms with Gasteiger partial charge in [-0.2, -0.15) is 0 Å². The highest BCUT2D eigenvalue weighted by Crippen LogP contribution is 2.29. The Morgan fingerprint density at radius 1 is 1.39 bits per heavy atom. The van der Waals surface area contributed by atoms with Crippen molar-refractivity contribution < 1.29 is 14.6 Å². The molecule has 1 unspecified atom stereocenters. The Kier molecular flexibility index (Phi) is 3.43. The highest BCUT2D eigenvalue weighted by atomic mass is 16.5. The minimum Gasteiger partial charge on any atom is -0.497 e. The third kappa shape index (κ3) is 2.41. The van der Waals surface area contributed by atoms with Gasteiger partial charge in [-0.3, -0.25) is 4.79 Å². The maximum atomic E-state index is 12.1. The normalized spacial score (nSPS) is 21.8. The molecule has 1 aromatic carbocycles. The Hall–Kier alpha value is -1.75. The largest absolute Gasteiger partial charge is 0.497 e. The number of ether oxygens (including phenoxy) is 1. The number of aliphatic hydroxyl groups is 1. The summed E-state index contributed by atoms with van der Waals surface area (Å²) in [5.41, 5.74) is 0.859. The summed E-state index contributed by atoms with van der Waals surface area (Å²) in [7, 11) is 1.57. The third-order valence-corrected chi connectivity index (χ3v) is 3.11. The van der Waals surface area contributed by atoms with E-state index in [1.165, 1.54) is 0 Å². The van der Waals surface area contributed by atoms with Crippen molar-refractivity contribution in [2.45, 2.75) is 25.4 Å². The molecule has 0 radical (unpaired) electrons. The lowest BCUT2D eigenvalue weighted by Crippen LogP contribution is -2.55. The minimum atomic E-state index is -0.512. The van der Waals surface area contributed by atoms with Crippen LogP contribution in [0, 0.1) is 0 Å². The molecule has 98 valence electrons. The molecule has 1 heterocycles. The van der Waals surface area contributed by atoms with E-state index in [0.717, 1.165) is 5.69 Å². The van der Waals surface area contributed by atoms with Crippen molar-refractivity contribution in [3.8, 4) is 5.75 Å². The number of nitrogens with one attached hydrogen (secondary N) is 2. The first kappa shape index (κ1) is 12.7. The minimum absolute atomic E-state index is 0.114. The van der Waals surface area contributed by atoms with E-state index < -0.39 is 5.66 Å². The summed E-state index contributed by atoms with van der Waals surface area (Å²) in [5, 5.41) is 15.1. The van der Waals surface area contributed by atoms with Crippen molar-refractivity contribution in [3.63, 3.8) is 0 Å². The molecule has 5 nitrogen and oxygen atoms in total. The van der Waals surface area contributed by atoms with Crippen molar-refractivity contribution >= 4 is 11.6 Å². The fraction of sp³-hybridized carbons (Fsp3) is 0.462. The van der Waals surface area contributed by atoms with Crippen LogP contribution in [-0.4, -0.2) is 30.4 Å². The summed E-state index contributed by atoms with van der Waals surface area (Å²) in [6.45, 7) is 2.02. The van der Waals surface area contributed by atoms with E-state index in [9.17, 15) is 4.79 Å². The molecule has 0 aliphatic carbocycles. The second-order valence-corrected chi connectivity index (χ2v) is 4.65. The second kappa shape index (κ2) is 4.86. The van der Waals surface area contributed by atoms with Gasteiger partial charge in [0.2, 0.25) is 0 Å². The molecule has 3 N–H and O–H groups in total. The number of anilines is 1. The van der Waals surface area contributed by atoms with Crippen molar-refractivity contribution in [1.82, 2.24) is 5.32 Å². The van der Waals surface area contributed by atoms with E-state index in [0.29, 0.717) is 24.2 Å². The van der Waals surface area contributed by atoms with E-state index in [4.69, 9.17) is 9.84 Å². The molecule has 0 aromatic heterocycles. The number of hydrogen-bond acceptors (Lipinski definition) is 4. The Balaban J connectivity index is 2.26. The van der Waals surface area contributed by atoms with Crippen LogP contribution in [0.1, 0.15) is 30.1 Å². The molecule has 0 spiro atoms. The fourth-order valence-electron chi connectivity index (χ4n) is 2.15. The summed E-state index contributed by atoms with van der Waals surface area (Å²) >= 11 is 0. The van der Waals surface area contributed by atoms with Crippen LogP contribution in [0.25, 0.3) is 0 Å². The van der Waals surface area contributed by atoms with E-state index in [1.807, 2.05) is 19.1 Å². The van der Waals surface area contributed by atoms with Gasteiger partial charge in [0, 0.05) is 12.3 Å². The maximum Gasteiger partial charge on any atom is 0.255 e. The van der Waals surface area contributed by atoms with Crippen LogP contribution in [0.3, 0.4) is 0 Å². The summed E-state index contributed by atoms with van der Waals surface area (Å²) in [6.07, 6.45) is 1.30. The zero-order valence-electron chi connectivity index (χ0n) is 10.6. The lowest BCUT2D eigenvalue weighted by Gasteiger charge is -2.37. The quantitative estimate of drug-likeness (QED) is 0.754. The van der Waals surface area contributed by atoms with E-state index in [-0.39, 0.29) is 12.5 Å². The Labute approximate surface area is 106 Å². The lowest BCUT2D eigenvalue weighted by molar-refractivity contribution is 0.0898. The second-order valence-electron chi connectivity index (χ2n) is 4.65. The molecule has 18 heavy (non-hydrogen) atoms. The molecule has 1 atom stereocenters. The fourth-order valence-corrected chi connectivity index (χ4v) is 2.15. The summed E-state index contributed by atoms with van der Waals surface area (Å²) in [5.74, 6) is 0.535. The molecule has 0 fully saturated rings. The zero-order valence-corrected chi connectivity index (χ0v) is 10.6. The molecule has 0 saturated heterocycles. The number of amides is 1. The Bertz CT molecular complexity index is 462. The van der Waals surface area contributed by atoms with Crippen LogP contribution in [0.4, 0.5) is 5.69 Å². The molecule has 5 heteroatoms. The van der Waals surface area contributed by atoms with Crippen molar-refractivity contribution in [2.75, 3.05) is 19.0 Å². The highest BCUT2D eigenvalue weighted by molar-refractivity contribution is 6.02. The van der Waals surface area contributed by atoms with Gasteiger partial charge in [-0.25, -0.2) is 0 Å². The van der Waals surface area contributed by atoms with Crippen molar-refractivity contribution in [3.05, 3.63) is 23.8 Å². The predicted octanol–water partition coefficient (Wildman–Crippen LogP) is 1.34. The van der Waals surface area contributed by atoms with Crippen LogP contribution in [0.2, 0.25) is 0 Å². The molecule has 2 rings (SSSR count). The molecule has 1 aliphatic rings. The average Bonchev–Trinajstić information content (AvgIpc) is 2.36. The van der Waals surface area contributed by atoms with Gasteiger partial charge in [0.1, 0.15) is 11.4 Å². The molecule has 1 aromatic rings. The number of benzene rings is 1. The first-order valence-corrected chi connectivity index (χ1v) is 5.97. The summed E-state index contributed by atoms with van der Waals surface area (Å²) in [6, 6.07) is 5.37. The molecule has 0 bridgehead atoms. The molecule has 0 saturated carbocycles. The first-order valence-electron chi connectivity index (χ1n) is 5.97. The van der Waals surface area contributed by atoms with Crippen LogP contribution < -0.4 is 15.4 Å². The standard InChI is InChI=1S/C13H18N2O3/c1-13(6-3-7-16)14-11-5-4-9(18-2)8-10(11)12(17)15-13/h4-5,8,14,16H,3,6-7H2,1-2H3,(H,15,17). The number of aliphatic hydroxyl groups excluding tert-OH is 1. The van der Waals surface area contributed by atoms with Gasteiger partial charge < -0.3 is 20.5 Å². The molecule has 1 amide bonds. The Morgan fingerprint density at radius 3 is 2.83 bits per heavy atom. The van der Waals surface area contributed by atoms with Gasteiger partial charge >= 0.3 is 0 Å². The summed E-state index contributed by atoms with van der Waals surface area (Å²) < 4.78 is 5.10. The Morgan fingerprint density at radius 2 is 2.17 bits per heavy atom. The zero-order chi connectivity index (χ0) is 13.2. The predicted molar refractivity (Wildman–Crippen MR) is 68.8 cm³/mol. The number of carbonyl (C=O) groups is 1. The number of methoxy groups -OCH3 is 1. The van der Waals surface area contributed by atoms with Gasteiger partial charge in [0.25, 0.3) is 5.91 Å². The van der Waals surface area contributed by atoms with E-state index >= 15 is 0 Å². The lowest BCUT2D eigenvalue weighted by atomic mass is 9.99. The molecular formula is C13H18N2O3. The third-order valence-electron chi connectivity index (χ3n) is 3.11. The van der Waals surface area contributed by atoms with E-state index in [1.54, 1.807) is 13.2 Å². The van der Waals surface area contributed by atoms with Crippen molar-refractivity contribution in [2.24, 2.45) is 0 Å². The van der Waals surface area contributed by atoms with Gasteiger partial charge in [-0.05, 0) is 38.0 Å². The van der Waals surface area contributed by atoms with Gasteiger partial charge in [-0.1, -0.05) is 0 Å². The monoisotopic (exact) mass is 250 g/mol. The van der Waals surface area contributed by atoms with Crippen LogP contribution >= 0.6 is 0 Å². The van der Waals surface area contributed by atoms with Gasteiger partial charge in [-0.15, -0.1) is 0 Å². The first-order chi connectivity index (χ1) is 8.58. The molecular weight excluding hydrogens is 232 g/mol. The highest BCUT2D eigenvalue weighted by Gasteiger charge is 2.32. The maximum absolute atomic E-state index is 12.1. The number of fused-ring (bicyclic) bond motifs is 1. The van der Waals surface area contributed by atoms with Crippen molar-refractivity contribution in [1.29, 1.82) is 0 Å². The summed E-state index contributed by atoms with van der Waals surface area (Å²) in [4.78, 5) is 12.1. The number of carbonyl (C=O) groups excluding carboxylic acids is 1. The molecule has 1 aliphatic heterocycles. The average molecular weight is 250 g/mol. The van der Waals surface area contributed by atoms with Gasteiger partial charge in [0.05, 0.1) is 12.7 Å². The number of rotatable bonds is 4. The smallest absolute Gasteiger partial charge is 0.255 e. The number of hydrogen-bond donors (Lipinski definition) is 3.